The molecule has 20 heavy (non-hydrogen) atoms. The van der Waals surface area contributed by atoms with Gasteiger partial charge in [0.25, 0.3) is 5.69 Å². The lowest BCUT2D eigenvalue weighted by Gasteiger charge is -2.40. The van der Waals surface area contributed by atoms with E-state index in [4.69, 9.17) is 5.11 Å². The van der Waals surface area contributed by atoms with E-state index in [2.05, 4.69) is 18.7 Å². The molecule has 1 saturated heterocycles. The fourth-order valence-electron chi connectivity index (χ4n) is 2.94. The van der Waals surface area contributed by atoms with Gasteiger partial charge in [0.05, 0.1) is 4.92 Å². The molecule has 0 aliphatic carbocycles. The highest BCUT2D eigenvalue weighted by atomic mass is 16.6. The van der Waals surface area contributed by atoms with Gasteiger partial charge in [-0.05, 0) is 45.2 Å². The zero-order valence-electron chi connectivity index (χ0n) is 11.6. The number of aromatic carboxylic acids is 1. The quantitative estimate of drug-likeness (QED) is 0.678. The number of carboxylic acids is 1. The number of nitro benzene ring substituents is 1. The maximum absolute atomic E-state index is 11.0. The van der Waals surface area contributed by atoms with Crippen LogP contribution >= 0.6 is 0 Å². The molecule has 1 fully saturated rings. The molecule has 2 atom stereocenters. The minimum atomic E-state index is -1.28. The maximum Gasteiger partial charge on any atom is 0.342 e. The van der Waals surface area contributed by atoms with Crippen molar-refractivity contribution in [2.45, 2.75) is 45.2 Å². The summed E-state index contributed by atoms with van der Waals surface area (Å²) >= 11 is 0. The highest BCUT2D eigenvalue weighted by molar-refractivity contribution is 5.93. The van der Waals surface area contributed by atoms with Crippen LogP contribution in [0.3, 0.4) is 0 Å². The fraction of sp³-hybridized carbons (Fsp3) is 0.500. The van der Waals surface area contributed by atoms with Crippen LogP contribution in [0.2, 0.25) is 0 Å². The number of hydrogen-bond acceptors (Lipinski definition) is 4. The lowest BCUT2D eigenvalue weighted by molar-refractivity contribution is -0.385. The highest BCUT2D eigenvalue weighted by Gasteiger charge is 2.28. The van der Waals surface area contributed by atoms with Crippen LogP contribution in [0.1, 0.15) is 43.5 Å². The lowest BCUT2D eigenvalue weighted by atomic mass is 9.96. The van der Waals surface area contributed by atoms with Crippen molar-refractivity contribution in [3.8, 4) is 0 Å². The summed E-state index contributed by atoms with van der Waals surface area (Å²) in [5.74, 6) is -1.28. The molecular formula is C14H18N2O4. The Labute approximate surface area is 117 Å². The van der Waals surface area contributed by atoms with E-state index in [-0.39, 0.29) is 11.3 Å². The van der Waals surface area contributed by atoms with Crippen molar-refractivity contribution in [1.29, 1.82) is 0 Å². The van der Waals surface area contributed by atoms with Crippen molar-refractivity contribution in [3.05, 3.63) is 33.9 Å². The van der Waals surface area contributed by atoms with E-state index in [1.807, 2.05) is 0 Å². The molecule has 1 aromatic rings. The zero-order chi connectivity index (χ0) is 14.9. The van der Waals surface area contributed by atoms with Crippen molar-refractivity contribution in [2.75, 3.05) is 4.90 Å². The number of anilines is 1. The van der Waals surface area contributed by atoms with Gasteiger partial charge in [-0.2, -0.15) is 0 Å². The predicted octanol–water partition coefficient (Wildman–Crippen LogP) is 3.06. The third-order valence-corrected chi connectivity index (χ3v) is 3.90. The van der Waals surface area contributed by atoms with Crippen LogP contribution in [0.5, 0.6) is 0 Å². The minimum Gasteiger partial charge on any atom is -0.477 e. The average Bonchev–Trinajstić information content (AvgIpc) is 2.38. The van der Waals surface area contributed by atoms with Crippen molar-refractivity contribution in [2.24, 2.45) is 0 Å². The molecular weight excluding hydrogens is 260 g/mol. The van der Waals surface area contributed by atoms with Crippen molar-refractivity contribution in [1.82, 2.24) is 0 Å². The van der Waals surface area contributed by atoms with E-state index in [1.165, 1.54) is 12.1 Å². The molecule has 0 spiro atoms. The van der Waals surface area contributed by atoms with Crippen LogP contribution in [0.25, 0.3) is 0 Å². The van der Waals surface area contributed by atoms with Gasteiger partial charge in [-0.15, -0.1) is 0 Å². The molecule has 6 nitrogen and oxygen atoms in total. The van der Waals surface area contributed by atoms with Gasteiger partial charge in [0.1, 0.15) is 5.56 Å². The third-order valence-electron chi connectivity index (χ3n) is 3.90. The topological polar surface area (TPSA) is 83.7 Å². The van der Waals surface area contributed by atoms with Gasteiger partial charge in [0, 0.05) is 23.8 Å². The number of nitrogens with zero attached hydrogens (tertiary/aromatic N) is 2. The summed E-state index contributed by atoms with van der Waals surface area (Å²) in [7, 11) is 0. The van der Waals surface area contributed by atoms with E-state index in [0.717, 1.165) is 24.9 Å². The number of nitro groups is 1. The number of piperidine rings is 1. The van der Waals surface area contributed by atoms with E-state index >= 15 is 0 Å². The second-order valence-corrected chi connectivity index (χ2v) is 5.30. The molecule has 1 aliphatic rings. The Morgan fingerprint density at radius 1 is 1.35 bits per heavy atom. The van der Waals surface area contributed by atoms with Gasteiger partial charge < -0.3 is 10.0 Å². The molecule has 108 valence electrons. The molecule has 1 aromatic carbocycles. The lowest BCUT2D eigenvalue weighted by Crippen LogP contribution is -2.43. The van der Waals surface area contributed by atoms with Crippen LogP contribution < -0.4 is 4.90 Å². The zero-order valence-corrected chi connectivity index (χ0v) is 11.6. The first-order chi connectivity index (χ1) is 9.41. The second-order valence-electron chi connectivity index (χ2n) is 5.30. The number of carboxylic acid groups (broad SMARTS) is 1. The van der Waals surface area contributed by atoms with Gasteiger partial charge >= 0.3 is 5.97 Å². The average molecular weight is 278 g/mol. The van der Waals surface area contributed by atoms with Crippen LogP contribution in [0.4, 0.5) is 11.4 Å². The van der Waals surface area contributed by atoms with E-state index in [9.17, 15) is 14.9 Å². The van der Waals surface area contributed by atoms with Gasteiger partial charge in [-0.3, -0.25) is 10.1 Å². The normalized spacial score (nSPS) is 22.6. The van der Waals surface area contributed by atoms with Crippen LogP contribution in [-0.2, 0) is 0 Å². The number of rotatable bonds is 3. The molecule has 6 heteroatoms. The Morgan fingerprint density at radius 3 is 2.45 bits per heavy atom. The van der Waals surface area contributed by atoms with Gasteiger partial charge in [0.2, 0.25) is 0 Å². The Bertz CT molecular complexity index is 534. The number of benzene rings is 1. The molecule has 1 heterocycles. The summed E-state index contributed by atoms with van der Waals surface area (Å²) in [6.45, 7) is 4.18. The summed E-state index contributed by atoms with van der Waals surface area (Å²) < 4.78 is 0. The second kappa shape index (κ2) is 5.48. The Hall–Kier alpha value is -2.11. The molecule has 0 aromatic heterocycles. The predicted molar refractivity (Wildman–Crippen MR) is 75.3 cm³/mol. The van der Waals surface area contributed by atoms with Crippen molar-refractivity contribution < 1.29 is 14.8 Å². The molecule has 1 aliphatic heterocycles. The minimum absolute atomic E-state index is 0.268. The number of carbonyl (C=O) groups is 1. The number of hydrogen-bond donors (Lipinski definition) is 1. The molecule has 0 unspecified atom stereocenters. The first-order valence-corrected chi connectivity index (χ1v) is 6.72. The molecule has 1 N–H and O–H groups in total. The van der Waals surface area contributed by atoms with Crippen LogP contribution in [0.15, 0.2) is 18.2 Å². The first-order valence-electron chi connectivity index (χ1n) is 6.72. The molecule has 0 saturated carbocycles. The smallest absolute Gasteiger partial charge is 0.342 e. The monoisotopic (exact) mass is 278 g/mol. The van der Waals surface area contributed by atoms with Crippen molar-refractivity contribution >= 4 is 17.3 Å². The fourth-order valence-corrected chi connectivity index (χ4v) is 2.94. The van der Waals surface area contributed by atoms with E-state index < -0.39 is 10.9 Å². The van der Waals surface area contributed by atoms with E-state index in [0.29, 0.717) is 12.1 Å². The van der Waals surface area contributed by atoms with Gasteiger partial charge in [0.15, 0.2) is 0 Å². The SMILES string of the molecule is C[C@@H]1CCC[C@H](C)N1c1ccc(C(=O)O)c([N+](=O)[O-])c1. The highest BCUT2D eigenvalue weighted by Crippen LogP contribution is 2.32. The molecule has 0 radical (unpaired) electrons. The summed E-state index contributed by atoms with van der Waals surface area (Å²) in [6, 6.07) is 4.96. The standard InChI is InChI=1S/C14H18N2O4/c1-9-4-3-5-10(2)15(9)11-6-7-12(14(17)18)13(8-11)16(19)20/h6-10H,3-5H2,1-2H3,(H,17,18)/t9-,10+. The van der Waals surface area contributed by atoms with E-state index in [1.54, 1.807) is 6.07 Å². The van der Waals surface area contributed by atoms with Crippen LogP contribution in [-0.4, -0.2) is 28.1 Å². The Balaban J connectivity index is 2.45. The maximum atomic E-state index is 11.0. The van der Waals surface area contributed by atoms with Crippen molar-refractivity contribution in [3.63, 3.8) is 0 Å². The third kappa shape index (κ3) is 2.59. The molecule has 0 amide bonds. The largest absolute Gasteiger partial charge is 0.477 e. The molecule has 0 bridgehead atoms. The summed E-state index contributed by atoms with van der Waals surface area (Å²) in [5, 5.41) is 20.0. The Morgan fingerprint density at radius 2 is 1.95 bits per heavy atom. The summed E-state index contributed by atoms with van der Waals surface area (Å²) in [5.41, 5.74) is 0.109. The summed E-state index contributed by atoms with van der Waals surface area (Å²) in [4.78, 5) is 23.6. The van der Waals surface area contributed by atoms with Gasteiger partial charge in [-0.25, -0.2) is 4.79 Å². The Kier molecular flexibility index (Phi) is 3.92. The summed E-state index contributed by atoms with van der Waals surface area (Å²) in [6.07, 6.45) is 3.23. The molecule has 2 rings (SSSR count). The van der Waals surface area contributed by atoms with Crippen LogP contribution in [0, 0.1) is 10.1 Å². The van der Waals surface area contributed by atoms with Gasteiger partial charge in [-0.1, -0.05) is 0 Å². The first kappa shape index (κ1) is 14.3.